The molecule has 0 aliphatic rings. The van der Waals surface area contributed by atoms with Crippen molar-refractivity contribution in [3.8, 4) is 5.75 Å². The Kier molecular flexibility index (Phi) is 4.52. The molecule has 1 N–H and O–H groups in total. The number of ether oxygens (including phenoxy) is 1. The number of halogens is 1. The van der Waals surface area contributed by atoms with E-state index in [1.807, 2.05) is 24.4 Å². The van der Waals surface area contributed by atoms with Crippen molar-refractivity contribution >= 4 is 17.2 Å². The van der Waals surface area contributed by atoms with Gasteiger partial charge in [0.15, 0.2) is 6.61 Å². The van der Waals surface area contributed by atoms with E-state index in [9.17, 15) is 9.18 Å². The van der Waals surface area contributed by atoms with Gasteiger partial charge in [-0.1, -0.05) is 12.1 Å². The average Bonchev–Trinajstić information content (AvgIpc) is 2.90. The van der Waals surface area contributed by atoms with Gasteiger partial charge in [-0.05, 0) is 30.5 Å². The van der Waals surface area contributed by atoms with E-state index in [1.54, 1.807) is 17.4 Å². The van der Waals surface area contributed by atoms with Gasteiger partial charge in [0.25, 0.3) is 5.91 Å². The molecule has 1 aromatic heterocycles. The number of hydrogen-bond donors (Lipinski definition) is 1. The second-order valence-corrected chi connectivity index (χ2v) is 5.03. The summed E-state index contributed by atoms with van der Waals surface area (Å²) in [4.78, 5) is 12.8. The van der Waals surface area contributed by atoms with Gasteiger partial charge in [-0.15, -0.1) is 11.3 Å². The average molecular weight is 279 g/mol. The standard InChI is InChI=1S/C14H14FNO2S/c1-10(13-6-3-7-19-13)16-14(17)9-18-12-5-2-4-11(15)8-12/h2-8,10H,9H2,1H3,(H,16,17)/t10-/m0/s1. The van der Waals surface area contributed by atoms with Crippen LogP contribution in [0.3, 0.4) is 0 Å². The molecule has 2 rings (SSSR count). The predicted octanol–water partition coefficient (Wildman–Crippen LogP) is 3.14. The lowest BCUT2D eigenvalue weighted by atomic mass is 10.3. The van der Waals surface area contributed by atoms with Crippen molar-refractivity contribution in [3.05, 3.63) is 52.5 Å². The van der Waals surface area contributed by atoms with Gasteiger partial charge in [0.2, 0.25) is 0 Å². The SMILES string of the molecule is C[C@H](NC(=O)COc1cccc(F)c1)c1cccs1. The minimum Gasteiger partial charge on any atom is -0.484 e. The molecule has 1 heterocycles. The fourth-order valence-electron chi connectivity index (χ4n) is 1.60. The topological polar surface area (TPSA) is 38.3 Å². The second kappa shape index (κ2) is 6.33. The highest BCUT2D eigenvalue weighted by molar-refractivity contribution is 7.10. The van der Waals surface area contributed by atoms with E-state index in [4.69, 9.17) is 4.74 Å². The highest BCUT2D eigenvalue weighted by Crippen LogP contribution is 2.18. The van der Waals surface area contributed by atoms with Gasteiger partial charge in [-0.2, -0.15) is 0 Å². The Morgan fingerprint density at radius 3 is 2.95 bits per heavy atom. The maximum atomic E-state index is 12.9. The van der Waals surface area contributed by atoms with E-state index < -0.39 is 0 Å². The number of carbonyl (C=O) groups excluding carboxylic acids is 1. The molecule has 0 spiro atoms. The number of thiophene rings is 1. The smallest absolute Gasteiger partial charge is 0.258 e. The first-order valence-corrected chi connectivity index (χ1v) is 6.74. The highest BCUT2D eigenvalue weighted by Gasteiger charge is 2.10. The third-order valence-corrected chi connectivity index (χ3v) is 3.57. The Labute approximate surface area is 115 Å². The first-order valence-electron chi connectivity index (χ1n) is 5.86. The monoisotopic (exact) mass is 279 g/mol. The van der Waals surface area contributed by atoms with Crippen LogP contribution < -0.4 is 10.1 Å². The van der Waals surface area contributed by atoms with Crippen LogP contribution in [-0.2, 0) is 4.79 Å². The van der Waals surface area contributed by atoms with Crippen LogP contribution in [0.5, 0.6) is 5.75 Å². The van der Waals surface area contributed by atoms with Crippen molar-refractivity contribution in [2.45, 2.75) is 13.0 Å². The number of amides is 1. The Bertz CT molecular complexity index is 542. The molecule has 0 saturated heterocycles. The molecule has 2 aromatic rings. The lowest BCUT2D eigenvalue weighted by molar-refractivity contribution is -0.123. The van der Waals surface area contributed by atoms with Crippen LogP contribution in [0.25, 0.3) is 0 Å². The first kappa shape index (κ1) is 13.5. The zero-order valence-electron chi connectivity index (χ0n) is 10.4. The second-order valence-electron chi connectivity index (χ2n) is 4.05. The number of benzene rings is 1. The summed E-state index contributed by atoms with van der Waals surface area (Å²) in [5, 5.41) is 4.78. The van der Waals surface area contributed by atoms with Crippen molar-refractivity contribution in [1.29, 1.82) is 0 Å². The molecule has 3 nitrogen and oxygen atoms in total. The van der Waals surface area contributed by atoms with Gasteiger partial charge in [0.1, 0.15) is 11.6 Å². The molecule has 5 heteroatoms. The summed E-state index contributed by atoms with van der Waals surface area (Å²) in [5.41, 5.74) is 0. The van der Waals surface area contributed by atoms with E-state index in [-0.39, 0.29) is 24.4 Å². The minimum atomic E-state index is -0.384. The zero-order valence-corrected chi connectivity index (χ0v) is 11.2. The molecule has 0 aliphatic heterocycles. The molecule has 1 amide bonds. The fourth-order valence-corrected chi connectivity index (χ4v) is 2.33. The molecule has 19 heavy (non-hydrogen) atoms. The molecule has 0 bridgehead atoms. The van der Waals surface area contributed by atoms with Gasteiger partial charge in [-0.25, -0.2) is 4.39 Å². The molecular formula is C14H14FNO2S. The van der Waals surface area contributed by atoms with Crippen LogP contribution in [-0.4, -0.2) is 12.5 Å². The van der Waals surface area contributed by atoms with E-state index in [0.29, 0.717) is 5.75 Å². The molecular weight excluding hydrogens is 265 g/mol. The fraction of sp³-hybridized carbons (Fsp3) is 0.214. The molecule has 0 aliphatic carbocycles. The van der Waals surface area contributed by atoms with Crippen molar-refractivity contribution in [3.63, 3.8) is 0 Å². The molecule has 0 radical (unpaired) electrons. The Balaban J connectivity index is 1.82. The largest absolute Gasteiger partial charge is 0.484 e. The van der Waals surface area contributed by atoms with Gasteiger partial charge >= 0.3 is 0 Å². The van der Waals surface area contributed by atoms with Crippen LogP contribution in [0.15, 0.2) is 41.8 Å². The van der Waals surface area contributed by atoms with Crippen LogP contribution in [0.1, 0.15) is 17.8 Å². The van der Waals surface area contributed by atoms with E-state index in [1.165, 1.54) is 18.2 Å². The van der Waals surface area contributed by atoms with E-state index in [0.717, 1.165) is 4.88 Å². The molecule has 1 aromatic carbocycles. The van der Waals surface area contributed by atoms with Crippen LogP contribution in [0.2, 0.25) is 0 Å². The number of hydrogen-bond acceptors (Lipinski definition) is 3. The van der Waals surface area contributed by atoms with E-state index >= 15 is 0 Å². The predicted molar refractivity (Wildman–Crippen MR) is 72.8 cm³/mol. The van der Waals surface area contributed by atoms with Crippen molar-refractivity contribution in [2.24, 2.45) is 0 Å². The summed E-state index contributed by atoms with van der Waals surface area (Å²) in [7, 11) is 0. The lowest BCUT2D eigenvalue weighted by Crippen LogP contribution is -2.30. The van der Waals surface area contributed by atoms with Gasteiger partial charge in [-0.3, -0.25) is 4.79 Å². The van der Waals surface area contributed by atoms with Gasteiger partial charge in [0, 0.05) is 10.9 Å². The molecule has 0 fully saturated rings. The Hall–Kier alpha value is -1.88. The van der Waals surface area contributed by atoms with Crippen molar-refractivity contribution in [1.82, 2.24) is 5.32 Å². The summed E-state index contributed by atoms with van der Waals surface area (Å²) in [6, 6.07) is 9.57. The summed E-state index contributed by atoms with van der Waals surface area (Å²) >= 11 is 1.58. The highest BCUT2D eigenvalue weighted by atomic mass is 32.1. The number of carbonyl (C=O) groups is 1. The van der Waals surface area contributed by atoms with Crippen molar-refractivity contribution < 1.29 is 13.9 Å². The maximum Gasteiger partial charge on any atom is 0.258 e. The summed E-state index contributed by atoms with van der Waals surface area (Å²) in [5.74, 6) is -0.269. The van der Waals surface area contributed by atoms with E-state index in [2.05, 4.69) is 5.32 Å². The molecule has 100 valence electrons. The molecule has 1 atom stereocenters. The molecule has 0 unspecified atom stereocenters. The summed E-state index contributed by atoms with van der Waals surface area (Å²) in [6.07, 6.45) is 0. The van der Waals surface area contributed by atoms with Crippen LogP contribution in [0, 0.1) is 5.82 Å². The van der Waals surface area contributed by atoms with Gasteiger partial charge in [0.05, 0.1) is 6.04 Å². The summed E-state index contributed by atoms with van der Waals surface area (Å²) in [6.45, 7) is 1.78. The summed E-state index contributed by atoms with van der Waals surface area (Å²) < 4.78 is 18.1. The maximum absolute atomic E-state index is 12.9. The third-order valence-electron chi connectivity index (χ3n) is 2.51. The number of nitrogens with one attached hydrogen (secondary N) is 1. The lowest BCUT2D eigenvalue weighted by Gasteiger charge is -2.12. The molecule has 0 saturated carbocycles. The zero-order chi connectivity index (χ0) is 13.7. The third kappa shape index (κ3) is 4.06. The first-order chi connectivity index (χ1) is 9.15. The van der Waals surface area contributed by atoms with Crippen molar-refractivity contribution in [2.75, 3.05) is 6.61 Å². The minimum absolute atomic E-state index is 0.0522. The van der Waals surface area contributed by atoms with Crippen LogP contribution in [0.4, 0.5) is 4.39 Å². The van der Waals surface area contributed by atoms with Gasteiger partial charge < -0.3 is 10.1 Å². The Morgan fingerprint density at radius 1 is 1.42 bits per heavy atom. The number of rotatable bonds is 5. The quantitative estimate of drug-likeness (QED) is 0.913. The Morgan fingerprint density at radius 2 is 2.26 bits per heavy atom. The van der Waals surface area contributed by atoms with Crippen LogP contribution >= 0.6 is 11.3 Å². The normalized spacial score (nSPS) is 11.9.